The molecule has 0 aromatic heterocycles. The molecule has 0 saturated carbocycles. The summed E-state index contributed by atoms with van der Waals surface area (Å²) < 4.78 is 13.1. The van der Waals surface area contributed by atoms with Crippen LogP contribution in [0.3, 0.4) is 0 Å². The number of amides is 1. The van der Waals surface area contributed by atoms with Crippen molar-refractivity contribution in [2.24, 2.45) is 0 Å². The highest BCUT2D eigenvalue weighted by atomic mass is 19.1. The summed E-state index contributed by atoms with van der Waals surface area (Å²) in [6.07, 6.45) is 1.85. The fourth-order valence-electron chi connectivity index (χ4n) is 2.46. The molecule has 0 radical (unpaired) electrons. The molecule has 1 aliphatic rings. The summed E-state index contributed by atoms with van der Waals surface area (Å²) in [7, 11) is 0. The lowest BCUT2D eigenvalue weighted by Crippen LogP contribution is -2.54. The van der Waals surface area contributed by atoms with Crippen molar-refractivity contribution < 1.29 is 14.3 Å². The highest BCUT2D eigenvalue weighted by molar-refractivity contribution is 5.97. The fourth-order valence-corrected chi connectivity index (χ4v) is 2.46. The molecular formula is C14H19FN2O2. The van der Waals surface area contributed by atoms with E-state index in [0.717, 1.165) is 25.0 Å². The smallest absolute Gasteiger partial charge is 0.255 e. The number of piperidine rings is 1. The first-order valence-electron chi connectivity index (χ1n) is 6.53. The number of rotatable bonds is 2. The third-order valence-electron chi connectivity index (χ3n) is 3.58. The molecule has 3 atom stereocenters. The molecule has 104 valence electrons. The Hall–Kier alpha value is -1.62. The molecule has 0 aliphatic carbocycles. The number of carbonyl (C=O) groups excluding carboxylic acids is 1. The molecule has 1 heterocycles. The van der Waals surface area contributed by atoms with Crippen LogP contribution in [0.25, 0.3) is 0 Å². The molecule has 1 aliphatic heterocycles. The monoisotopic (exact) mass is 266 g/mol. The molecule has 1 amide bonds. The van der Waals surface area contributed by atoms with Gasteiger partial charge < -0.3 is 15.7 Å². The predicted octanol–water partition coefficient (Wildman–Crippen LogP) is 1.79. The Morgan fingerprint density at radius 2 is 2.16 bits per heavy atom. The topological polar surface area (TPSA) is 61.4 Å². The second-order valence-corrected chi connectivity index (χ2v) is 5.18. The van der Waals surface area contributed by atoms with Crippen molar-refractivity contribution in [2.45, 2.75) is 44.8 Å². The summed E-state index contributed by atoms with van der Waals surface area (Å²) >= 11 is 0. The Bertz CT molecular complexity index is 479. The lowest BCUT2D eigenvalue weighted by atomic mass is 9.95. The molecule has 4 nitrogen and oxygen atoms in total. The van der Waals surface area contributed by atoms with E-state index < -0.39 is 11.7 Å². The minimum Gasteiger partial charge on any atom is -0.507 e. The van der Waals surface area contributed by atoms with Gasteiger partial charge in [-0.05, 0) is 44.9 Å². The van der Waals surface area contributed by atoms with Crippen molar-refractivity contribution in [3.8, 4) is 5.75 Å². The van der Waals surface area contributed by atoms with Crippen LogP contribution in [0.1, 0.15) is 37.0 Å². The minimum absolute atomic E-state index is 0.00799. The van der Waals surface area contributed by atoms with Gasteiger partial charge in [-0.3, -0.25) is 4.79 Å². The molecule has 0 bridgehead atoms. The first kappa shape index (κ1) is 13.8. The molecule has 3 unspecified atom stereocenters. The summed E-state index contributed by atoms with van der Waals surface area (Å²) in [5.74, 6) is -1.18. The van der Waals surface area contributed by atoms with Gasteiger partial charge in [-0.25, -0.2) is 4.39 Å². The highest BCUT2D eigenvalue weighted by Crippen LogP contribution is 2.19. The van der Waals surface area contributed by atoms with Crippen molar-refractivity contribution in [3.63, 3.8) is 0 Å². The molecule has 1 saturated heterocycles. The van der Waals surface area contributed by atoms with Crippen LogP contribution in [-0.2, 0) is 0 Å². The van der Waals surface area contributed by atoms with Crippen LogP contribution >= 0.6 is 0 Å². The van der Waals surface area contributed by atoms with E-state index >= 15 is 0 Å². The van der Waals surface area contributed by atoms with E-state index in [4.69, 9.17) is 0 Å². The first-order valence-corrected chi connectivity index (χ1v) is 6.53. The second-order valence-electron chi connectivity index (χ2n) is 5.18. The largest absolute Gasteiger partial charge is 0.507 e. The van der Waals surface area contributed by atoms with E-state index in [-0.39, 0.29) is 23.4 Å². The van der Waals surface area contributed by atoms with Crippen LogP contribution in [0.2, 0.25) is 0 Å². The van der Waals surface area contributed by atoms with Gasteiger partial charge in [-0.1, -0.05) is 0 Å². The molecule has 19 heavy (non-hydrogen) atoms. The third kappa shape index (κ3) is 3.23. The molecule has 3 N–H and O–H groups in total. The normalized spacial score (nSPS) is 27.0. The van der Waals surface area contributed by atoms with Crippen molar-refractivity contribution in [2.75, 3.05) is 0 Å². The van der Waals surface area contributed by atoms with Gasteiger partial charge in [0.05, 0.1) is 5.56 Å². The van der Waals surface area contributed by atoms with Crippen LogP contribution in [0.15, 0.2) is 18.2 Å². The average Bonchev–Trinajstić information content (AvgIpc) is 2.35. The van der Waals surface area contributed by atoms with Gasteiger partial charge in [0.25, 0.3) is 5.91 Å². The Morgan fingerprint density at radius 3 is 2.84 bits per heavy atom. The zero-order chi connectivity index (χ0) is 14.0. The van der Waals surface area contributed by atoms with Crippen LogP contribution < -0.4 is 10.6 Å². The maximum absolute atomic E-state index is 13.1. The minimum atomic E-state index is -0.536. The lowest BCUT2D eigenvalue weighted by molar-refractivity contribution is 0.0911. The summed E-state index contributed by atoms with van der Waals surface area (Å²) in [6, 6.07) is 3.95. The molecular weight excluding hydrogens is 247 g/mol. The van der Waals surface area contributed by atoms with E-state index in [1.54, 1.807) is 0 Å². The van der Waals surface area contributed by atoms with E-state index in [9.17, 15) is 14.3 Å². The number of benzene rings is 1. The van der Waals surface area contributed by atoms with Crippen molar-refractivity contribution in [1.82, 2.24) is 10.6 Å². The fraction of sp³-hybridized carbons (Fsp3) is 0.500. The number of hydrogen-bond donors (Lipinski definition) is 3. The maximum atomic E-state index is 13.1. The van der Waals surface area contributed by atoms with Gasteiger partial charge >= 0.3 is 0 Å². The third-order valence-corrected chi connectivity index (χ3v) is 3.58. The highest BCUT2D eigenvalue weighted by Gasteiger charge is 2.26. The molecule has 2 rings (SSSR count). The summed E-state index contributed by atoms with van der Waals surface area (Å²) in [6.45, 7) is 4.11. The SMILES string of the molecule is CC1CCC(NC(=O)c2cc(F)ccc2O)C(C)N1. The van der Waals surface area contributed by atoms with E-state index in [1.807, 2.05) is 6.92 Å². The van der Waals surface area contributed by atoms with Crippen molar-refractivity contribution >= 4 is 5.91 Å². The molecule has 1 fully saturated rings. The van der Waals surface area contributed by atoms with E-state index in [1.165, 1.54) is 6.07 Å². The Balaban J connectivity index is 2.06. The van der Waals surface area contributed by atoms with Crippen LogP contribution in [0.4, 0.5) is 4.39 Å². The number of halogens is 1. The van der Waals surface area contributed by atoms with Crippen LogP contribution in [-0.4, -0.2) is 29.1 Å². The van der Waals surface area contributed by atoms with Crippen molar-refractivity contribution in [3.05, 3.63) is 29.6 Å². The van der Waals surface area contributed by atoms with Crippen LogP contribution in [0.5, 0.6) is 5.75 Å². The Kier molecular flexibility index (Phi) is 4.04. The van der Waals surface area contributed by atoms with Crippen molar-refractivity contribution in [1.29, 1.82) is 0 Å². The standard InChI is InChI=1S/C14H19FN2O2/c1-8-3-5-12(9(2)16-8)17-14(19)11-7-10(15)4-6-13(11)18/h4,6-9,12,16,18H,3,5H2,1-2H3,(H,17,19). The predicted molar refractivity (Wildman–Crippen MR) is 70.6 cm³/mol. The average molecular weight is 266 g/mol. The maximum Gasteiger partial charge on any atom is 0.255 e. The quantitative estimate of drug-likeness (QED) is 0.765. The van der Waals surface area contributed by atoms with Gasteiger partial charge in [0.15, 0.2) is 0 Å². The molecule has 1 aromatic carbocycles. The van der Waals surface area contributed by atoms with Gasteiger partial charge in [-0.15, -0.1) is 0 Å². The molecule has 0 spiro atoms. The number of aromatic hydroxyl groups is 1. The summed E-state index contributed by atoms with van der Waals surface area (Å²) in [5, 5.41) is 15.8. The van der Waals surface area contributed by atoms with E-state index in [0.29, 0.717) is 6.04 Å². The van der Waals surface area contributed by atoms with Crippen LogP contribution in [0, 0.1) is 5.82 Å². The molecule has 5 heteroatoms. The Morgan fingerprint density at radius 1 is 1.42 bits per heavy atom. The number of phenolic OH excluding ortho intramolecular Hbond substituents is 1. The lowest BCUT2D eigenvalue weighted by Gasteiger charge is -2.34. The van der Waals surface area contributed by atoms with Gasteiger partial charge in [0, 0.05) is 18.1 Å². The summed E-state index contributed by atoms with van der Waals surface area (Å²) in [4.78, 5) is 12.0. The zero-order valence-electron chi connectivity index (χ0n) is 11.1. The number of carbonyl (C=O) groups is 1. The first-order chi connectivity index (χ1) is 8.97. The number of hydrogen-bond acceptors (Lipinski definition) is 3. The summed E-state index contributed by atoms with van der Waals surface area (Å²) in [5.41, 5.74) is -0.0224. The zero-order valence-corrected chi connectivity index (χ0v) is 11.1. The number of phenols is 1. The van der Waals surface area contributed by atoms with Gasteiger partial charge in [0.2, 0.25) is 0 Å². The van der Waals surface area contributed by atoms with Gasteiger partial charge in [0.1, 0.15) is 11.6 Å². The number of nitrogens with one attached hydrogen (secondary N) is 2. The Labute approximate surface area is 112 Å². The second kappa shape index (κ2) is 5.57. The molecule has 1 aromatic rings. The van der Waals surface area contributed by atoms with Gasteiger partial charge in [-0.2, -0.15) is 0 Å². The van der Waals surface area contributed by atoms with E-state index in [2.05, 4.69) is 17.6 Å².